The second-order valence-corrected chi connectivity index (χ2v) is 5.20. The van der Waals surface area contributed by atoms with Crippen molar-refractivity contribution >= 4 is 45.8 Å². The van der Waals surface area contributed by atoms with Crippen LogP contribution in [0.25, 0.3) is 0 Å². The van der Waals surface area contributed by atoms with Crippen LogP contribution in [0.2, 0.25) is 5.02 Å². The highest BCUT2D eigenvalue weighted by molar-refractivity contribution is 14.1. The molecule has 1 aromatic carbocycles. The van der Waals surface area contributed by atoms with Crippen molar-refractivity contribution in [2.75, 3.05) is 5.32 Å². The van der Waals surface area contributed by atoms with Gasteiger partial charge in [0, 0.05) is 16.0 Å². The Hall–Kier alpha value is -1.09. The maximum Gasteiger partial charge on any atom is 0.416 e. The lowest BCUT2D eigenvalue weighted by Gasteiger charge is -2.11. The molecule has 0 fully saturated rings. The van der Waals surface area contributed by atoms with Gasteiger partial charge in [-0.1, -0.05) is 11.6 Å². The summed E-state index contributed by atoms with van der Waals surface area (Å²) in [6.07, 6.45) is -1.34. The Morgan fingerprint density at radius 3 is 2.37 bits per heavy atom. The van der Waals surface area contributed by atoms with Crippen LogP contribution < -0.4 is 5.32 Å². The molecule has 8 heteroatoms. The summed E-state index contributed by atoms with van der Waals surface area (Å²) in [5, 5.41) is 2.82. The Morgan fingerprint density at radius 2 is 1.79 bits per heavy atom. The Balaban J connectivity index is 2.31. The number of rotatable bonds is 2. The van der Waals surface area contributed by atoms with Gasteiger partial charge in [-0.3, -0.25) is 0 Å². The van der Waals surface area contributed by atoms with E-state index in [0.717, 1.165) is 15.7 Å². The van der Waals surface area contributed by atoms with E-state index in [1.807, 2.05) is 22.6 Å². The third kappa shape index (κ3) is 3.69. The number of benzene rings is 1. The highest BCUT2D eigenvalue weighted by atomic mass is 127. The van der Waals surface area contributed by atoms with Gasteiger partial charge >= 0.3 is 6.18 Å². The highest BCUT2D eigenvalue weighted by Gasteiger charge is 2.31. The fraction of sp³-hybridized carbons (Fsp3) is 0.0909. The molecule has 0 saturated heterocycles. The van der Waals surface area contributed by atoms with Gasteiger partial charge in [0.15, 0.2) is 0 Å². The SMILES string of the molecule is FC(F)(F)c1ccc(Cl)c(Nc2ncc(I)cn2)c1. The average Bonchev–Trinajstić information content (AvgIpc) is 2.33. The van der Waals surface area contributed by atoms with E-state index >= 15 is 0 Å². The molecule has 0 amide bonds. The van der Waals surface area contributed by atoms with Gasteiger partial charge in [0.1, 0.15) is 0 Å². The van der Waals surface area contributed by atoms with Gasteiger partial charge in [-0.05, 0) is 40.8 Å². The van der Waals surface area contributed by atoms with Gasteiger partial charge in [0.25, 0.3) is 0 Å². The molecule has 0 aliphatic carbocycles. The van der Waals surface area contributed by atoms with E-state index in [1.165, 1.54) is 18.5 Å². The summed E-state index contributed by atoms with van der Waals surface area (Å²) >= 11 is 7.86. The maximum atomic E-state index is 12.6. The standard InChI is InChI=1S/C11H6ClF3IN3/c12-8-2-1-6(11(13,14)15)3-9(8)19-10-17-4-7(16)5-18-10/h1-5H,(H,17,18,19). The molecule has 1 aromatic heterocycles. The highest BCUT2D eigenvalue weighted by Crippen LogP contribution is 2.34. The van der Waals surface area contributed by atoms with Gasteiger partial charge in [-0.25, -0.2) is 9.97 Å². The van der Waals surface area contributed by atoms with Crippen molar-refractivity contribution in [2.45, 2.75) is 6.18 Å². The first kappa shape index (κ1) is 14.3. The van der Waals surface area contributed by atoms with Crippen LogP contribution in [0.3, 0.4) is 0 Å². The topological polar surface area (TPSA) is 37.8 Å². The lowest BCUT2D eigenvalue weighted by molar-refractivity contribution is -0.137. The zero-order chi connectivity index (χ0) is 14.0. The molecule has 19 heavy (non-hydrogen) atoms. The molecule has 0 spiro atoms. The minimum atomic E-state index is -4.42. The van der Waals surface area contributed by atoms with Crippen LogP contribution in [0.15, 0.2) is 30.6 Å². The second kappa shape index (κ2) is 5.49. The molecule has 2 aromatic rings. The van der Waals surface area contributed by atoms with E-state index in [4.69, 9.17) is 11.6 Å². The average molecular weight is 400 g/mol. The molecule has 0 aliphatic heterocycles. The molecule has 0 unspecified atom stereocenters. The van der Waals surface area contributed by atoms with Crippen LogP contribution in [0.1, 0.15) is 5.56 Å². The lowest BCUT2D eigenvalue weighted by atomic mass is 10.2. The molecule has 0 bridgehead atoms. The number of hydrogen-bond acceptors (Lipinski definition) is 3. The fourth-order valence-electron chi connectivity index (χ4n) is 1.29. The van der Waals surface area contributed by atoms with Crippen LogP contribution in [-0.2, 0) is 6.18 Å². The fourth-order valence-corrected chi connectivity index (χ4v) is 1.74. The van der Waals surface area contributed by atoms with Crippen LogP contribution >= 0.6 is 34.2 Å². The van der Waals surface area contributed by atoms with Crippen LogP contribution in [-0.4, -0.2) is 9.97 Å². The predicted octanol–water partition coefficient (Wildman–Crippen LogP) is 4.50. The number of anilines is 2. The lowest BCUT2D eigenvalue weighted by Crippen LogP contribution is -2.06. The first-order chi connectivity index (χ1) is 8.86. The summed E-state index contributed by atoms with van der Waals surface area (Å²) < 4.78 is 38.6. The Morgan fingerprint density at radius 1 is 1.16 bits per heavy atom. The Kier molecular flexibility index (Phi) is 4.14. The number of nitrogens with zero attached hydrogens (tertiary/aromatic N) is 2. The number of halogens is 5. The van der Waals surface area contributed by atoms with Gasteiger partial charge in [0.2, 0.25) is 5.95 Å². The van der Waals surface area contributed by atoms with Crippen molar-refractivity contribution in [1.82, 2.24) is 9.97 Å². The summed E-state index contributed by atoms with van der Waals surface area (Å²) in [6, 6.07) is 3.02. The third-order valence-electron chi connectivity index (χ3n) is 2.16. The van der Waals surface area contributed by atoms with Crippen LogP contribution in [0.5, 0.6) is 0 Å². The monoisotopic (exact) mass is 399 g/mol. The van der Waals surface area contributed by atoms with Crippen LogP contribution in [0, 0.1) is 3.57 Å². The molecule has 2 rings (SSSR count). The van der Waals surface area contributed by atoms with Crippen molar-refractivity contribution in [2.24, 2.45) is 0 Å². The van der Waals surface area contributed by atoms with Crippen molar-refractivity contribution in [3.63, 3.8) is 0 Å². The number of hydrogen-bond donors (Lipinski definition) is 1. The van der Waals surface area contributed by atoms with E-state index in [-0.39, 0.29) is 16.7 Å². The molecule has 0 aliphatic rings. The smallest absolute Gasteiger partial charge is 0.323 e. The number of aromatic nitrogens is 2. The van der Waals surface area contributed by atoms with Crippen molar-refractivity contribution in [1.29, 1.82) is 0 Å². The molecule has 3 nitrogen and oxygen atoms in total. The molecule has 0 atom stereocenters. The van der Waals surface area contributed by atoms with E-state index < -0.39 is 11.7 Å². The molecule has 1 N–H and O–H groups in total. The molecule has 1 heterocycles. The minimum absolute atomic E-state index is 0.109. The van der Waals surface area contributed by atoms with E-state index in [0.29, 0.717) is 0 Å². The van der Waals surface area contributed by atoms with Gasteiger partial charge in [-0.15, -0.1) is 0 Å². The van der Waals surface area contributed by atoms with Gasteiger partial charge in [-0.2, -0.15) is 13.2 Å². The van der Waals surface area contributed by atoms with E-state index in [9.17, 15) is 13.2 Å². The quantitative estimate of drug-likeness (QED) is 0.756. The first-order valence-corrected chi connectivity index (χ1v) is 6.43. The van der Waals surface area contributed by atoms with Crippen molar-refractivity contribution in [3.8, 4) is 0 Å². The third-order valence-corrected chi connectivity index (χ3v) is 3.05. The largest absolute Gasteiger partial charge is 0.416 e. The summed E-state index contributed by atoms with van der Waals surface area (Å²) in [6.45, 7) is 0. The van der Waals surface area contributed by atoms with Gasteiger partial charge < -0.3 is 5.32 Å². The summed E-state index contributed by atoms with van der Waals surface area (Å²) in [4.78, 5) is 7.87. The Labute approximate surface area is 125 Å². The Bertz CT molecular complexity index is 587. The molecule has 0 saturated carbocycles. The predicted molar refractivity (Wildman–Crippen MR) is 74.5 cm³/mol. The summed E-state index contributed by atoms with van der Waals surface area (Å²) in [5.74, 6) is 0.182. The van der Waals surface area contributed by atoms with Crippen LogP contribution in [0.4, 0.5) is 24.8 Å². The molecule has 100 valence electrons. The van der Waals surface area contributed by atoms with Crippen molar-refractivity contribution < 1.29 is 13.2 Å². The minimum Gasteiger partial charge on any atom is -0.323 e. The van der Waals surface area contributed by atoms with Gasteiger partial charge in [0.05, 0.1) is 16.3 Å². The summed E-state index contributed by atoms with van der Waals surface area (Å²) in [7, 11) is 0. The first-order valence-electron chi connectivity index (χ1n) is 4.97. The van der Waals surface area contributed by atoms with E-state index in [2.05, 4.69) is 15.3 Å². The molecular weight excluding hydrogens is 393 g/mol. The number of nitrogens with one attached hydrogen (secondary N) is 1. The van der Waals surface area contributed by atoms with Crippen molar-refractivity contribution in [3.05, 3.63) is 44.7 Å². The molecule has 0 radical (unpaired) electrons. The zero-order valence-corrected chi connectivity index (χ0v) is 12.1. The normalized spacial score (nSPS) is 11.4. The second-order valence-electron chi connectivity index (χ2n) is 3.54. The number of alkyl halides is 3. The summed E-state index contributed by atoms with van der Waals surface area (Å²) in [5.41, 5.74) is -0.678. The zero-order valence-electron chi connectivity index (χ0n) is 9.17. The maximum absolute atomic E-state index is 12.6. The molecular formula is C11H6ClF3IN3. The van der Waals surface area contributed by atoms with E-state index in [1.54, 1.807) is 0 Å².